The van der Waals surface area contributed by atoms with Crippen LogP contribution in [0, 0.1) is 0 Å². The summed E-state index contributed by atoms with van der Waals surface area (Å²) < 4.78 is 7.85. The van der Waals surface area contributed by atoms with E-state index in [4.69, 9.17) is 9.73 Å². The highest BCUT2D eigenvalue weighted by atomic mass is 32.1. The average molecular weight is 400 g/mol. The van der Waals surface area contributed by atoms with Gasteiger partial charge in [0.15, 0.2) is 4.80 Å². The molecule has 2 aromatic heterocycles. The normalized spacial score (nSPS) is 16.1. The van der Waals surface area contributed by atoms with Gasteiger partial charge < -0.3 is 9.30 Å². The molecule has 0 spiro atoms. The minimum Gasteiger partial charge on any atom is -0.379 e. The number of nitrogens with zero attached hydrogens (tertiary/aromatic N) is 3. The van der Waals surface area contributed by atoms with Crippen molar-refractivity contribution in [3.63, 3.8) is 0 Å². The predicted molar refractivity (Wildman–Crippen MR) is 114 cm³/mol. The fourth-order valence-electron chi connectivity index (χ4n) is 3.24. The van der Waals surface area contributed by atoms with Crippen LogP contribution in [-0.2, 0) is 17.7 Å². The molecular formula is C21H25N3OS2. The van der Waals surface area contributed by atoms with E-state index in [1.165, 1.54) is 16.1 Å². The maximum atomic E-state index is 5.48. The van der Waals surface area contributed by atoms with Gasteiger partial charge in [0.25, 0.3) is 0 Å². The zero-order valence-electron chi connectivity index (χ0n) is 15.6. The molecule has 0 amide bonds. The fourth-order valence-corrected chi connectivity index (χ4v) is 5.01. The topological polar surface area (TPSA) is 29.8 Å². The second-order valence-electron chi connectivity index (χ2n) is 6.62. The lowest BCUT2D eigenvalue weighted by Gasteiger charge is -2.26. The van der Waals surface area contributed by atoms with E-state index < -0.39 is 0 Å². The van der Waals surface area contributed by atoms with Gasteiger partial charge in [-0.3, -0.25) is 4.90 Å². The number of benzene rings is 1. The highest BCUT2D eigenvalue weighted by Gasteiger charge is 2.13. The molecule has 6 heteroatoms. The lowest BCUT2D eigenvalue weighted by molar-refractivity contribution is 0.0363. The van der Waals surface area contributed by atoms with Crippen molar-refractivity contribution >= 4 is 28.4 Å². The van der Waals surface area contributed by atoms with Crippen molar-refractivity contribution in [2.24, 2.45) is 4.99 Å². The molecule has 1 saturated heterocycles. The smallest absolute Gasteiger partial charge is 0.190 e. The summed E-state index contributed by atoms with van der Waals surface area (Å²) in [7, 11) is 0. The SMILES string of the molecule is CCc1ccc(N=c2scc(-c3cccs3)n2CCN2CCOCC2)cc1. The molecule has 1 aromatic carbocycles. The van der Waals surface area contributed by atoms with Gasteiger partial charge in [-0.1, -0.05) is 25.1 Å². The van der Waals surface area contributed by atoms with E-state index in [1.807, 2.05) is 0 Å². The lowest BCUT2D eigenvalue weighted by Crippen LogP contribution is -2.39. The summed E-state index contributed by atoms with van der Waals surface area (Å²) in [4.78, 5) is 9.80. The first-order chi connectivity index (χ1) is 13.3. The molecule has 3 heterocycles. The van der Waals surface area contributed by atoms with Crippen LogP contribution in [-0.4, -0.2) is 42.3 Å². The summed E-state index contributed by atoms with van der Waals surface area (Å²) in [6.07, 6.45) is 1.06. The lowest BCUT2D eigenvalue weighted by atomic mass is 10.2. The average Bonchev–Trinajstić information content (AvgIpc) is 3.38. The molecule has 0 saturated carbocycles. The Bertz CT molecular complexity index is 904. The monoisotopic (exact) mass is 399 g/mol. The Hall–Kier alpha value is -1.73. The van der Waals surface area contributed by atoms with Crippen LogP contribution in [0.25, 0.3) is 10.6 Å². The van der Waals surface area contributed by atoms with Crippen LogP contribution in [0.2, 0.25) is 0 Å². The highest BCUT2D eigenvalue weighted by Crippen LogP contribution is 2.25. The van der Waals surface area contributed by atoms with Crippen molar-refractivity contribution in [3.8, 4) is 10.6 Å². The zero-order chi connectivity index (χ0) is 18.5. The van der Waals surface area contributed by atoms with E-state index in [0.717, 1.165) is 56.3 Å². The summed E-state index contributed by atoms with van der Waals surface area (Å²) in [6, 6.07) is 12.9. The summed E-state index contributed by atoms with van der Waals surface area (Å²) in [5.74, 6) is 0. The molecule has 0 unspecified atom stereocenters. The van der Waals surface area contributed by atoms with Crippen molar-refractivity contribution in [2.45, 2.75) is 19.9 Å². The van der Waals surface area contributed by atoms with Crippen LogP contribution in [0.3, 0.4) is 0 Å². The number of hydrogen-bond donors (Lipinski definition) is 0. The molecule has 4 nitrogen and oxygen atoms in total. The molecule has 0 N–H and O–H groups in total. The fraction of sp³-hybridized carbons (Fsp3) is 0.381. The summed E-state index contributed by atoms with van der Waals surface area (Å²) in [5, 5.41) is 4.38. The van der Waals surface area contributed by atoms with Crippen LogP contribution in [0.15, 0.2) is 52.2 Å². The van der Waals surface area contributed by atoms with Gasteiger partial charge >= 0.3 is 0 Å². The Morgan fingerprint density at radius 2 is 1.85 bits per heavy atom. The van der Waals surface area contributed by atoms with Gasteiger partial charge in [0.1, 0.15) is 0 Å². The Morgan fingerprint density at radius 1 is 1.04 bits per heavy atom. The number of thiophene rings is 1. The first-order valence-corrected chi connectivity index (χ1v) is 11.3. The standard InChI is InChI=1S/C21H25N3OS2/c1-2-17-5-7-18(8-6-17)22-21-24(10-9-23-11-13-25-14-12-23)19(16-27-21)20-4-3-15-26-20/h3-8,15-16H,2,9-14H2,1H3. The van der Waals surface area contributed by atoms with Crippen LogP contribution in [0.4, 0.5) is 5.69 Å². The van der Waals surface area contributed by atoms with E-state index in [1.54, 1.807) is 22.7 Å². The molecule has 1 aliphatic rings. The molecule has 1 fully saturated rings. The van der Waals surface area contributed by atoms with Crippen LogP contribution < -0.4 is 4.80 Å². The van der Waals surface area contributed by atoms with E-state index in [2.05, 4.69) is 63.5 Å². The summed E-state index contributed by atoms with van der Waals surface area (Å²) in [5.41, 5.74) is 3.64. The predicted octanol–water partition coefficient (Wildman–Crippen LogP) is 4.41. The number of hydrogen-bond acceptors (Lipinski definition) is 5. The molecule has 27 heavy (non-hydrogen) atoms. The first kappa shape index (κ1) is 18.6. The molecule has 142 valence electrons. The van der Waals surface area contributed by atoms with Crippen molar-refractivity contribution < 1.29 is 4.74 Å². The molecule has 0 radical (unpaired) electrons. The van der Waals surface area contributed by atoms with Crippen LogP contribution in [0.1, 0.15) is 12.5 Å². The Kier molecular flexibility index (Phi) is 6.19. The molecule has 0 atom stereocenters. The Morgan fingerprint density at radius 3 is 2.56 bits per heavy atom. The number of aromatic nitrogens is 1. The zero-order valence-corrected chi connectivity index (χ0v) is 17.3. The van der Waals surface area contributed by atoms with Gasteiger partial charge in [-0.05, 0) is 35.6 Å². The maximum absolute atomic E-state index is 5.48. The number of morpholine rings is 1. The quantitative estimate of drug-likeness (QED) is 0.615. The van der Waals surface area contributed by atoms with Gasteiger partial charge in [0.05, 0.1) is 29.5 Å². The van der Waals surface area contributed by atoms with Crippen molar-refractivity contribution in [3.05, 3.63) is 57.5 Å². The molecule has 0 aliphatic carbocycles. The molecule has 4 rings (SSSR count). The minimum atomic E-state index is 0.840. The third kappa shape index (κ3) is 4.58. The van der Waals surface area contributed by atoms with E-state index >= 15 is 0 Å². The highest BCUT2D eigenvalue weighted by molar-refractivity contribution is 7.14. The van der Waals surface area contributed by atoms with Crippen molar-refractivity contribution in [1.82, 2.24) is 9.47 Å². The van der Waals surface area contributed by atoms with E-state index in [-0.39, 0.29) is 0 Å². The molecular weight excluding hydrogens is 374 g/mol. The Labute approximate surface area is 168 Å². The van der Waals surface area contributed by atoms with Crippen LogP contribution >= 0.6 is 22.7 Å². The number of ether oxygens (including phenoxy) is 1. The minimum absolute atomic E-state index is 0.840. The number of thiazole rings is 1. The van der Waals surface area contributed by atoms with Crippen molar-refractivity contribution in [1.29, 1.82) is 0 Å². The van der Waals surface area contributed by atoms with E-state index in [9.17, 15) is 0 Å². The number of aryl methyl sites for hydroxylation is 1. The van der Waals surface area contributed by atoms with Gasteiger partial charge in [0.2, 0.25) is 0 Å². The second-order valence-corrected chi connectivity index (χ2v) is 8.40. The second kappa shape index (κ2) is 8.97. The van der Waals surface area contributed by atoms with Crippen LogP contribution in [0.5, 0.6) is 0 Å². The summed E-state index contributed by atoms with van der Waals surface area (Å²) in [6.45, 7) is 7.87. The molecule has 0 bridgehead atoms. The first-order valence-electron chi connectivity index (χ1n) is 9.49. The maximum Gasteiger partial charge on any atom is 0.190 e. The van der Waals surface area contributed by atoms with Gasteiger partial charge in [0, 0.05) is 31.6 Å². The third-order valence-electron chi connectivity index (χ3n) is 4.88. The number of rotatable bonds is 6. The van der Waals surface area contributed by atoms with E-state index in [0.29, 0.717) is 0 Å². The van der Waals surface area contributed by atoms with Gasteiger partial charge in [-0.25, -0.2) is 4.99 Å². The third-order valence-corrected chi connectivity index (χ3v) is 6.64. The largest absolute Gasteiger partial charge is 0.379 e. The van der Waals surface area contributed by atoms with Gasteiger partial charge in [-0.2, -0.15) is 0 Å². The molecule has 3 aromatic rings. The summed E-state index contributed by atoms with van der Waals surface area (Å²) >= 11 is 3.51. The Balaban J connectivity index is 1.64. The molecule has 1 aliphatic heterocycles. The van der Waals surface area contributed by atoms with Crippen molar-refractivity contribution in [2.75, 3.05) is 32.8 Å². The van der Waals surface area contributed by atoms with Gasteiger partial charge in [-0.15, -0.1) is 22.7 Å².